The van der Waals surface area contributed by atoms with E-state index in [4.69, 9.17) is 9.26 Å². The summed E-state index contributed by atoms with van der Waals surface area (Å²) in [6, 6.07) is 1.62. The number of benzene rings is 1. The Balaban J connectivity index is 1.20. The molecule has 4 amide bonds. The monoisotopic (exact) mass is 815 g/mol. The van der Waals surface area contributed by atoms with Gasteiger partial charge < -0.3 is 24.8 Å². The standard InChI is InChI=1S/C35H39BrFN7O8S/c1-19-31(40-26-15-21(37)14-23(36)28(26)38-19)52-22-16-27-30(46)41-35(33(48)43-53(49,50)34(2)11-12-34)17-20(35)8-6-4-3-5-7-9-25(32(47)44(27)18-22)39-29(45)24-10-13-51-42-24/h6,8,10,13-15,20,22,25,27H,3-5,7,9,11-12,16-18H2,1-2H3,(H,39,45)(H,41,46)(H,43,48)/t20-,22-,25+,27+,35-/m1/s1. The van der Waals surface area contributed by atoms with E-state index in [0.29, 0.717) is 41.4 Å². The molecule has 0 bridgehead atoms. The van der Waals surface area contributed by atoms with Crippen molar-refractivity contribution in [3.05, 3.63) is 58.3 Å². The van der Waals surface area contributed by atoms with Crippen molar-refractivity contribution in [1.82, 2.24) is 35.4 Å². The summed E-state index contributed by atoms with van der Waals surface area (Å²) in [5.41, 5.74) is -0.544. The lowest BCUT2D eigenvalue weighted by molar-refractivity contribution is -0.141. The normalized spacial score (nSPS) is 27.1. The third kappa shape index (κ3) is 7.39. The summed E-state index contributed by atoms with van der Waals surface area (Å²) < 4.78 is 53.1. The first-order chi connectivity index (χ1) is 25.2. The summed E-state index contributed by atoms with van der Waals surface area (Å²) in [5, 5.41) is 9.26. The molecule has 5 atom stereocenters. The molecule has 3 N–H and O–H groups in total. The first-order valence-corrected chi connectivity index (χ1v) is 19.8. The lowest BCUT2D eigenvalue weighted by Gasteiger charge is -2.30. The van der Waals surface area contributed by atoms with Crippen molar-refractivity contribution < 1.29 is 41.2 Å². The first-order valence-electron chi connectivity index (χ1n) is 17.6. The molecule has 1 saturated heterocycles. The molecule has 1 aromatic carbocycles. The van der Waals surface area contributed by atoms with E-state index >= 15 is 0 Å². The zero-order valence-corrected chi connectivity index (χ0v) is 31.5. The highest BCUT2D eigenvalue weighted by Gasteiger charge is 2.63. The maximum atomic E-state index is 14.4. The molecule has 4 heterocycles. The van der Waals surface area contributed by atoms with Gasteiger partial charge in [0.05, 0.1) is 16.8 Å². The third-order valence-electron chi connectivity index (χ3n) is 10.5. The lowest BCUT2D eigenvalue weighted by atomic mass is 10.0. The number of fused-ring (bicyclic) bond motifs is 3. The van der Waals surface area contributed by atoms with E-state index in [1.165, 1.54) is 29.4 Å². The summed E-state index contributed by atoms with van der Waals surface area (Å²) in [6.07, 6.45) is 8.14. The van der Waals surface area contributed by atoms with Crippen molar-refractivity contribution in [3.8, 4) is 5.88 Å². The number of allylic oxidation sites excluding steroid dienone is 1. The number of aromatic nitrogens is 3. The van der Waals surface area contributed by atoms with Crippen molar-refractivity contribution in [3.63, 3.8) is 0 Å². The molecular formula is C35H39BrFN7O8S. The Hall–Kier alpha value is -4.45. The van der Waals surface area contributed by atoms with E-state index in [-0.39, 0.29) is 42.9 Å². The Bertz CT molecular complexity index is 2110. The van der Waals surface area contributed by atoms with Gasteiger partial charge in [-0.3, -0.25) is 23.9 Å². The quantitative estimate of drug-likeness (QED) is 0.295. The van der Waals surface area contributed by atoms with E-state index in [0.717, 1.165) is 12.8 Å². The Morgan fingerprint density at radius 1 is 1.17 bits per heavy atom. The fraction of sp³-hybridized carbons (Fsp3) is 0.514. The Labute approximate surface area is 313 Å². The Morgan fingerprint density at radius 2 is 1.96 bits per heavy atom. The number of carbonyl (C=O) groups is 4. The molecule has 2 saturated carbocycles. The van der Waals surface area contributed by atoms with Gasteiger partial charge in [-0.1, -0.05) is 30.2 Å². The second-order valence-corrected chi connectivity index (χ2v) is 17.5. The number of nitrogens with zero attached hydrogens (tertiary/aromatic N) is 4. The number of sulfonamides is 1. The van der Waals surface area contributed by atoms with E-state index in [2.05, 4.69) is 46.4 Å². The molecule has 282 valence electrons. The number of carbonyl (C=O) groups excluding carboxylic acids is 4. The smallest absolute Gasteiger partial charge is 0.274 e. The predicted octanol–water partition coefficient (Wildman–Crippen LogP) is 3.37. The second kappa shape index (κ2) is 14.1. The Kier molecular flexibility index (Phi) is 9.80. The number of halogens is 2. The average Bonchev–Trinajstić information content (AvgIpc) is 3.85. The maximum Gasteiger partial charge on any atom is 0.274 e. The minimum Gasteiger partial charge on any atom is -0.471 e. The van der Waals surface area contributed by atoms with Crippen LogP contribution in [0.25, 0.3) is 11.0 Å². The molecule has 3 aromatic rings. The topological polar surface area (TPSA) is 203 Å². The molecule has 7 rings (SSSR count). The number of aryl methyl sites for hydroxylation is 1. The fourth-order valence-corrected chi connectivity index (χ4v) is 8.75. The third-order valence-corrected chi connectivity index (χ3v) is 13.3. The van der Waals surface area contributed by atoms with Crippen LogP contribution in [0.1, 0.15) is 80.9 Å². The van der Waals surface area contributed by atoms with Gasteiger partial charge in [-0.05, 0) is 74.4 Å². The summed E-state index contributed by atoms with van der Waals surface area (Å²) in [4.78, 5) is 66.0. The number of hydrogen-bond donors (Lipinski definition) is 3. The largest absolute Gasteiger partial charge is 0.471 e. The molecule has 0 unspecified atom stereocenters. The Morgan fingerprint density at radius 3 is 2.70 bits per heavy atom. The van der Waals surface area contributed by atoms with Crippen LogP contribution in [0, 0.1) is 18.7 Å². The van der Waals surface area contributed by atoms with E-state index in [1.807, 2.05) is 12.2 Å². The average molecular weight is 817 g/mol. The summed E-state index contributed by atoms with van der Waals surface area (Å²) in [7, 11) is -4.01. The molecule has 2 aliphatic heterocycles. The molecule has 53 heavy (non-hydrogen) atoms. The molecular weight excluding hydrogens is 777 g/mol. The number of hydrogen-bond acceptors (Lipinski definition) is 11. The zero-order chi connectivity index (χ0) is 37.7. The fourth-order valence-electron chi connectivity index (χ4n) is 6.93. The molecule has 4 aliphatic rings. The highest BCUT2D eigenvalue weighted by molar-refractivity contribution is 9.10. The predicted molar refractivity (Wildman–Crippen MR) is 190 cm³/mol. The maximum absolute atomic E-state index is 14.4. The SMILES string of the molecule is Cc1nc2c(Br)cc(F)cc2nc1O[C@@H]1C[C@H]2C(=O)N[C@]3(C(=O)NS(=O)(=O)C4(C)CC4)C[C@H]3C=CCCCCC[C@H](NC(=O)c3ccon3)C(=O)N2C1. The molecule has 2 aliphatic carbocycles. The highest BCUT2D eigenvalue weighted by Crippen LogP contribution is 2.47. The minimum atomic E-state index is -4.01. The second-order valence-electron chi connectivity index (χ2n) is 14.5. The van der Waals surface area contributed by atoms with Crippen molar-refractivity contribution in [2.75, 3.05) is 6.54 Å². The van der Waals surface area contributed by atoms with Crippen LogP contribution in [0.2, 0.25) is 0 Å². The van der Waals surface area contributed by atoms with Crippen LogP contribution in [0.4, 0.5) is 4.39 Å². The van der Waals surface area contributed by atoms with Gasteiger partial charge in [-0.15, -0.1) is 0 Å². The summed E-state index contributed by atoms with van der Waals surface area (Å²) in [5.74, 6) is -3.63. The van der Waals surface area contributed by atoms with E-state index in [9.17, 15) is 32.0 Å². The zero-order valence-electron chi connectivity index (χ0n) is 29.1. The summed E-state index contributed by atoms with van der Waals surface area (Å²) in [6.45, 7) is 3.13. The van der Waals surface area contributed by atoms with Crippen LogP contribution >= 0.6 is 15.9 Å². The molecule has 15 nitrogen and oxygen atoms in total. The van der Waals surface area contributed by atoms with Crippen LogP contribution in [-0.2, 0) is 24.4 Å². The van der Waals surface area contributed by atoms with Gasteiger partial charge in [0.25, 0.3) is 11.8 Å². The van der Waals surface area contributed by atoms with Crippen LogP contribution < -0.4 is 20.1 Å². The lowest BCUT2D eigenvalue weighted by Crippen LogP contribution is -2.58. The van der Waals surface area contributed by atoms with Crippen molar-refractivity contribution in [1.29, 1.82) is 0 Å². The van der Waals surface area contributed by atoms with Crippen molar-refractivity contribution in [2.24, 2.45) is 5.92 Å². The van der Waals surface area contributed by atoms with Crippen LogP contribution in [0.3, 0.4) is 0 Å². The van der Waals surface area contributed by atoms with Gasteiger partial charge in [0.15, 0.2) is 5.69 Å². The molecule has 18 heteroatoms. The van der Waals surface area contributed by atoms with Gasteiger partial charge in [-0.25, -0.2) is 22.8 Å². The van der Waals surface area contributed by atoms with Gasteiger partial charge in [0, 0.05) is 28.9 Å². The van der Waals surface area contributed by atoms with Crippen LogP contribution in [0.15, 0.2) is 45.6 Å². The van der Waals surface area contributed by atoms with Gasteiger partial charge >= 0.3 is 0 Å². The van der Waals surface area contributed by atoms with Crippen molar-refractivity contribution in [2.45, 2.75) is 100 Å². The molecule has 0 spiro atoms. The van der Waals surface area contributed by atoms with Crippen LogP contribution in [0.5, 0.6) is 5.88 Å². The van der Waals surface area contributed by atoms with Gasteiger partial charge in [-0.2, -0.15) is 0 Å². The molecule has 3 fully saturated rings. The highest BCUT2D eigenvalue weighted by atomic mass is 79.9. The molecule has 0 radical (unpaired) electrons. The van der Waals surface area contributed by atoms with Crippen LogP contribution in [-0.4, -0.2) is 87.1 Å². The first kappa shape index (κ1) is 36.9. The molecule has 2 aromatic heterocycles. The minimum absolute atomic E-state index is 0.0214. The van der Waals surface area contributed by atoms with Crippen molar-refractivity contribution >= 4 is 60.6 Å². The number of ether oxygens (including phenoxy) is 1. The summed E-state index contributed by atoms with van der Waals surface area (Å²) >= 11 is 3.31. The number of rotatable bonds is 7. The van der Waals surface area contributed by atoms with Gasteiger partial charge in [0.1, 0.15) is 47.0 Å². The van der Waals surface area contributed by atoms with Gasteiger partial charge in [0.2, 0.25) is 27.7 Å². The number of amides is 4. The van der Waals surface area contributed by atoms with E-state index < -0.39 is 73.9 Å². The number of nitrogens with one attached hydrogen (secondary N) is 3. The van der Waals surface area contributed by atoms with E-state index in [1.54, 1.807) is 13.8 Å².